The summed E-state index contributed by atoms with van der Waals surface area (Å²) in [5, 5.41) is 18.3. The van der Waals surface area contributed by atoms with Gasteiger partial charge in [-0.15, -0.1) is 0 Å². The number of carbonyl (C=O) groups is 2. The number of rotatable bonds is 39. The van der Waals surface area contributed by atoms with E-state index >= 15 is 0 Å². The second-order valence-electron chi connectivity index (χ2n) is 14.0. The van der Waals surface area contributed by atoms with E-state index in [0.717, 1.165) is 77.0 Å². The minimum Gasteiger partial charge on any atom is -0.462 e. The molecular weight excluding hydrogens is 743 g/mol. The molecule has 326 valence electrons. The number of ether oxygens (including phenoxy) is 2. The smallest absolute Gasteiger partial charge is 0.462 e. The van der Waals surface area contributed by atoms with Crippen molar-refractivity contribution in [1.82, 2.24) is 0 Å². The van der Waals surface area contributed by atoms with E-state index in [-0.39, 0.29) is 19.4 Å². The van der Waals surface area contributed by atoms with Crippen LogP contribution in [-0.2, 0) is 32.7 Å². The summed E-state index contributed by atoms with van der Waals surface area (Å²) in [6.07, 6.45) is 48.5. The summed E-state index contributed by atoms with van der Waals surface area (Å²) in [6.45, 7) is 2.15. The van der Waals surface area contributed by atoms with Gasteiger partial charge in [-0.1, -0.05) is 150 Å². The summed E-state index contributed by atoms with van der Waals surface area (Å²) >= 11 is 0. The number of aliphatic hydroxyl groups is 2. The van der Waals surface area contributed by atoms with E-state index in [9.17, 15) is 24.2 Å². The number of hydrogen-bond donors (Lipinski definition) is 3. The molecule has 0 aliphatic rings. The van der Waals surface area contributed by atoms with Crippen molar-refractivity contribution in [1.29, 1.82) is 0 Å². The molecule has 3 atom stereocenters. The Morgan fingerprint density at radius 1 is 0.544 bits per heavy atom. The summed E-state index contributed by atoms with van der Waals surface area (Å²) in [5.41, 5.74) is 0. The molecule has 0 aromatic rings. The summed E-state index contributed by atoms with van der Waals surface area (Å²) in [4.78, 5) is 34.9. The number of phosphoric ester groups is 1. The Balaban J connectivity index is 4.46. The highest BCUT2D eigenvalue weighted by Gasteiger charge is 2.27. The van der Waals surface area contributed by atoms with Crippen LogP contribution in [0.1, 0.15) is 155 Å². The zero-order valence-corrected chi connectivity index (χ0v) is 36.2. The predicted octanol–water partition coefficient (Wildman–Crippen LogP) is 11.4. The molecule has 0 saturated heterocycles. The molecule has 0 radical (unpaired) electrons. The zero-order valence-electron chi connectivity index (χ0n) is 35.3. The van der Waals surface area contributed by atoms with Crippen LogP contribution in [0.15, 0.2) is 85.1 Å². The molecule has 0 rings (SSSR count). The monoisotopic (exact) mass is 821 g/mol. The second kappa shape index (κ2) is 41.3. The van der Waals surface area contributed by atoms with Crippen LogP contribution in [0.5, 0.6) is 0 Å². The molecule has 0 amide bonds. The molecule has 0 aromatic heterocycles. The summed E-state index contributed by atoms with van der Waals surface area (Å²) in [6, 6.07) is 0. The maximum atomic E-state index is 12.6. The summed E-state index contributed by atoms with van der Waals surface area (Å²) < 4.78 is 32.6. The van der Waals surface area contributed by atoms with Crippen molar-refractivity contribution < 1.29 is 47.8 Å². The van der Waals surface area contributed by atoms with Crippen LogP contribution >= 0.6 is 7.82 Å². The van der Waals surface area contributed by atoms with Crippen LogP contribution in [0.4, 0.5) is 0 Å². The molecule has 0 heterocycles. The number of allylic oxidation sites excluding steroid dienone is 14. The molecule has 0 aromatic carbocycles. The van der Waals surface area contributed by atoms with Gasteiger partial charge in [0.05, 0.1) is 19.8 Å². The Bertz CT molecular complexity index is 1220. The van der Waals surface area contributed by atoms with Crippen molar-refractivity contribution in [3.63, 3.8) is 0 Å². The van der Waals surface area contributed by atoms with Gasteiger partial charge in [0.1, 0.15) is 12.7 Å². The van der Waals surface area contributed by atoms with E-state index < -0.39 is 51.8 Å². The average Bonchev–Trinajstić information content (AvgIpc) is 3.20. The van der Waals surface area contributed by atoms with Crippen LogP contribution in [0.3, 0.4) is 0 Å². The van der Waals surface area contributed by atoms with Crippen molar-refractivity contribution in [3.05, 3.63) is 85.1 Å². The van der Waals surface area contributed by atoms with E-state index in [2.05, 4.69) is 91.3 Å². The molecule has 0 bridgehead atoms. The van der Waals surface area contributed by atoms with Gasteiger partial charge < -0.3 is 24.6 Å². The fraction of sp³-hybridized carbons (Fsp3) is 0.652. The number of aliphatic hydroxyl groups excluding tert-OH is 2. The van der Waals surface area contributed by atoms with Gasteiger partial charge in [-0.25, -0.2) is 4.57 Å². The molecule has 0 saturated carbocycles. The van der Waals surface area contributed by atoms with Gasteiger partial charge in [-0.2, -0.15) is 0 Å². The second-order valence-corrected chi connectivity index (χ2v) is 15.4. The van der Waals surface area contributed by atoms with E-state index in [1.54, 1.807) is 0 Å². The van der Waals surface area contributed by atoms with Crippen molar-refractivity contribution in [2.75, 3.05) is 26.4 Å². The van der Waals surface area contributed by atoms with E-state index in [4.69, 9.17) is 19.1 Å². The number of hydrogen-bond acceptors (Lipinski definition) is 9. The van der Waals surface area contributed by atoms with E-state index in [1.165, 1.54) is 38.5 Å². The largest absolute Gasteiger partial charge is 0.472 e. The van der Waals surface area contributed by atoms with Crippen LogP contribution in [0, 0.1) is 0 Å². The first-order valence-corrected chi connectivity index (χ1v) is 23.0. The molecule has 0 aliphatic carbocycles. The molecule has 0 spiro atoms. The first kappa shape index (κ1) is 54.2. The minimum absolute atomic E-state index is 0.0531. The van der Waals surface area contributed by atoms with Crippen molar-refractivity contribution in [2.24, 2.45) is 0 Å². The topological polar surface area (TPSA) is 149 Å². The molecule has 57 heavy (non-hydrogen) atoms. The first-order valence-electron chi connectivity index (χ1n) is 21.5. The van der Waals surface area contributed by atoms with Gasteiger partial charge in [0.15, 0.2) is 6.10 Å². The maximum Gasteiger partial charge on any atom is 0.472 e. The number of unbranched alkanes of at least 4 members (excludes halogenated alkanes) is 11. The number of phosphoric acid groups is 1. The highest BCUT2D eigenvalue weighted by atomic mass is 31.2. The van der Waals surface area contributed by atoms with Gasteiger partial charge in [-0.3, -0.25) is 18.6 Å². The highest BCUT2D eigenvalue weighted by molar-refractivity contribution is 7.47. The summed E-state index contributed by atoms with van der Waals surface area (Å²) in [7, 11) is -4.64. The average molecular weight is 821 g/mol. The summed E-state index contributed by atoms with van der Waals surface area (Å²) in [5.74, 6) is -1.04. The maximum absolute atomic E-state index is 12.6. The third-order valence-electron chi connectivity index (χ3n) is 8.55. The Kier molecular flexibility index (Phi) is 39.2. The van der Waals surface area contributed by atoms with Crippen LogP contribution < -0.4 is 0 Å². The zero-order chi connectivity index (χ0) is 41.9. The van der Waals surface area contributed by atoms with Gasteiger partial charge >= 0.3 is 19.8 Å². The lowest BCUT2D eigenvalue weighted by Crippen LogP contribution is -2.29. The van der Waals surface area contributed by atoms with Crippen molar-refractivity contribution >= 4 is 19.8 Å². The van der Waals surface area contributed by atoms with E-state index in [0.29, 0.717) is 12.8 Å². The molecular formula is C46H77O10P. The Morgan fingerprint density at radius 3 is 1.53 bits per heavy atom. The Labute approximate surface area is 345 Å². The molecule has 3 N–H and O–H groups in total. The molecule has 0 aliphatic heterocycles. The van der Waals surface area contributed by atoms with Crippen molar-refractivity contribution in [2.45, 2.75) is 167 Å². The first-order chi connectivity index (χ1) is 27.7. The fourth-order valence-electron chi connectivity index (χ4n) is 5.25. The van der Waals surface area contributed by atoms with E-state index in [1.807, 2.05) is 12.2 Å². The quantitative estimate of drug-likeness (QED) is 0.0237. The van der Waals surface area contributed by atoms with Gasteiger partial charge in [0.2, 0.25) is 0 Å². The standard InChI is InChI=1S/C46H77O10P/c1-3-5-7-9-11-13-15-17-19-20-21-22-24-26-28-30-32-34-36-38-46(50)56-44(42-55-57(51,52)54-40-43(48)39-47)41-53-45(49)37-35-33-31-29-27-25-23-18-16-14-12-10-8-6-4-2/h5,7,11,13,17-19,21-23,26,28,32,34,43-44,47-48H,3-4,6,8-10,12,14-16,20,24-25,27,29-31,33,35-42H2,1-2H3,(H,51,52). The lowest BCUT2D eigenvalue weighted by molar-refractivity contribution is -0.161. The van der Waals surface area contributed by atoms with Crippen LogP contribution in [0.2, 0.25) is 0 Å². The van der Waals surface area contributed by atoms with Crippen LogP contribution in [-0.4, -0.2) is 65.7 Å². The number of carbonyl (C=O) groups excluding carboxylic acids is 2. The third-order valence-corrected chi connectivity index (χ3v) is 9.50. The SMILES string of the molecule is CCC=CCC=CCC=CCC=CCC=CCC=CCCC(=O)OC(COC(=O)CCCCCCCC=CCCCCCCCC)COP(=O)(O)OCC(O)CO. The van der Waals surface area contributed by atoms with Gasteiger partial charge in [0.25, 0.3) is 0 Å². The predicted molar refractivity (Wildman–Crippen MR) is 233 cm³/mol. The Hall–Kier alpha value is -2.85. The lowest BCUT2D eigenvalue weighted by Gasteiger charge is -2.20. The minimum atomic E-state index is -4.64. The fourth-order valence-corrected chi connectivity index (χ4v) is 6.04. The lowest BCUT2D eigenvalue weighted by atomic mass is 10.1. The third kappa shape index (κ3) is 41.1. The van der Waals surface area contributed by atoms with Crippen LogP contribution in [0.25, 0.3) is 0 Å². The Morgan fingerprint density at radius 2 is 1.00 bits per heavy atom. The van der Waals surface area contributed by atoms with Crippen molar-refractivity contribution in [3.8, 4) is 0 Å². The van der Waals surface area contributed by atoms with Gasteiger partial charge in [0, 0.05) is 12.8 Å². The molecule has 10 nitrogen and oxygen atoms in total. The number of esters is 2. The molecule has 11 heteroatoms. The van der Waals surface area contributed by atoms with Gasteiger partial charge in [-0.05, 0) is 77.0 Å². The highest BCUT2D eigenvalue weighted by Crippen LogP contribution is 2.43. The normalized spacial score (nSPS) is 14.7. The molecule has 3 unspecified atom stereocenters. The molecule has 0 fully saturated rings.